The minimum absolute atomic E-state index is 0.652. The number of aromatic nitrogens is 1. The van der Waals surface area contributed by atoms with Gasteiger partial charge in [-0.2, -0.15) is 5.26 Å². The Hall–Kier alpha value is -1.86. The van der Waals surface area contributed by atoms with Gasteiger partial charge in [0.2, 0.25) is 0 Å². The number of benzene rings is 1. The first-order valence-corrected chi connectivity index (χ1v) is 5.85. The molecular formula is C13H10BrN3. The van der Waals surface area contributed by atoms with Gasteiger partial charge in [-0.3, -0.25) is 4.98 Å². The van der Waals surface area contributed by atoms with E-state index < -0.39 is 0 Å². The number of halogens is 1. The molecule has 3 nitrogen and oxygen atoms in total. The fourth-order valence-corrected chi connectivity index (χ4v) is 2.08. The van der Waals surface area contributed by atoms with E-state index in [4.69, 9.17) is 5.26 Å². The van der Waals surface area contributed by atoms with Crippen LogP contribution in [0.5, 0.6) is 0 Å². The first kappa shape index (κ1) is 11.6. The van der Waals surface area contributed by atoms with Gasteiger partial charge in [0.15, 0.2) is 0 Å². The monoisotopic (exact) mass is 287 g/mol. The van der Waals surface area contributed by atoms with Crippen molar-refractivity contribution in [2.75, 3.05) is 11.9 Å². The van der Waals surface area contributed by atoms with Gasteiger partial charge < -0.3 is 4.90 Å². The highest BCUT2D eigenvalue weighted by molar-refractivity contribution is 9.10. The van der Waals surface area contributed by atoms with Crippen molar-refractivity contribution in [2.24, 2.45) is 0 Å². The Bertz CT molecular complexity index is 575. The highest BCUT2D eigenvalue weighted by atomic mass is 79.9. The lowest BCUT2D eigenvalue weighted by molar-refractivity contribution is 1.17. The summed E-state index contributed by atoms with van der Waals surface area (Å²) in [6.45, 7) is 0. The molecule has 0 aliphatic rings. The number of rotatable bonds is 2. The van der Waals surface area contributed by atoms with Crippen molar-refractivity contribution in [1.29, 1.82) is 5.26 Å². The van der Waals surface area contributed by atoms with Crippen molar-refractivity contribution in [3.05, 3.63) is 52.8 Å². The van der Waals surface area contributed by atoms with E-state index in [1.54, 1.807) is 18.5 Å². The van der Waals surface area contributed by atoms with E-state index in [2.05, 4.69) is 27.0 Å². The third-order valence-electron chi connectivity index (χ3n) is 2.47. The van der Waals surface area contributed by atoms with Crippen LogP contribution >= 0.6 is 15.9 Å². The second-order valence-electron chi connectivity index (χ2n) is 3.55. The summed E-state index contributed by atoms with van der Waals surface area (Å²) in [7, 11) is 1.95. The predicted octanol–water partition coefficient (Wildman–Crippen LogP) is 3.48. The molecule has 1 heterocycles. The molecule has 0 radical (unpaired) electrons. The second-order valence-corrected chi connectivity index (χ2v) is 4.40. The number of anilines is 2. The number of hydrogen-bond donors (Lipinski definition) is 0. The van der Waals surface area contributed by atoms with Gasteiger partial charge in [0.05, 0.1) is 21.8 Å². The quantitative estimate of drug-likeness (QED) is 0.849. The Morgan fingerprint density at radius 3 is 2.88 bits per heavy atom. The third-order valence-corrected chi connectivity index (χ3v) is 3.09. The Balaban J connectivity index is 2.41. The van der Waals surface area contributed by atoms with Crippen LogP contribution in [0.3, 0.4) is 0 Å². The fourth-order valence-electron chi connectivity index (χ4n) is 1.56. The minimum Gasteiger partial charge on any atom is -0.344 e. The molecule has 0 aliphatic carbocycles. The van der Waals surface area contributed by atoms with E-state index >= 15 is 0 Å². The summed E-state index contributed by atoms with van der Waals surface area (Å²) in [5, 5.41) is 8.88. The molecular weight excluding hydrogens is 278 g/mol. The Morgan fingerprint density at radius 2 is 2.18 bits per heavy atom. The topological polar surface area (TPSA) is 39.9 Å². The maximum Gasteiger partial charge on any atom is 0.0992 e. The Labute approximate surface area is 108 Å². The van der Waals surface area contributed by atoms with Crippen LogP contribution in [-0.2, 0) is 0 Å². The standard InChI is InChI=1S/C13H10BrN3/c1-17(13-5-6-16-9-12(13)14)11-4-2-3-10(7-11)8-15/h2-7,9H,1H3. The van der Waals surface area contributed by atoms with Gasteiger partial charge in [-0.05, 0) is 40.2 Å². The van der Waals surface area contributed by atoms with Gasteiger partial charge in [0, 0.05) is 25.1 Å². The molecule has 0 N–H and O–H groups in total. The van der Waals surface area contributed by atoms with E-state index in [1.807, 2.05) is 36.2 Å². The van der Waals surface area contributed by atoms with E-state index in [0.29, 0.717) is 5.56 Å². The van der Waals surface area contributed by atoms with Crippen LogP contribution in [0.15, 0.2) is 47.2 Å². The molecule has 0 atom stereocenters. The summed E-state index contributed by atoms with van der Waals surface area (Å²) in [4.78, 5) is 6.04. The number of nitrogens with zero attached hydrogens (tertiary/aromatic N) is 3. The van der Waals surface area contributed by atoms with Crippen molar-refractivity contribution in [1.82, 2.24) is 4.98 Å². The third kappa shape index (κ3) is 2.45. The van der Waals surface area contributed by atoms with Gasteiger partial charge in [-0.25, -0.2) is 0 Å². The lowest BCUT2D eigenvalue weighted by Crippen LogP contribution is -2.10. The van der Waals surface area contributed by atoms with Gasteiger partial charge in [0.25, 0.3) is 0 Å². The molecule has 0 bridgehead atoms. The van der Waals surface area contributed by atoms with Crippen molar-refractivity contribution in [2.45, 2.75) is 0 Å². The molecule has 0 saturated heterocycles. The molecule has 2 aromatic rings. The SMILES string of the molecule is CN(c1cccc(C#N)c1)c1ccncc1Br. The molecule has 4 heteroatoms. The minimum atomic E-state index is 0.652. The average molecular weight is 288 g/mol. The number of hydrogen-bond acceptors (Lipinski definition) is 3. The van der Waals surface area contributed by atoms with Crippen LogP contribution in [0.4, 0.5) is 11.4 Å². The summed E-state index contributed by atoms with van der Waals surface area (Å²) >= 11 is 3.46. The molecule has 1 aromatic heterocycles. The maximum atomic E-state index is 8.88. The number of nitriles is 1. The van der Waals surface area contributed by atoms with Crippen molar-refractivity contribution in [3.63, 3.8) is 0 Å². The summed E-state index contributed by atoms with van der Waals surface area (Å²) in [5.74, 6) is 0. The molecule has 17 heavy (non-hydrogen) atoms. The Kier molecular flexibility index (Phi) is 3.40. The highest BCUT2D eigenvalue weighted by Crippen LogP contribution is 2.29. The lowest BCUT2D eigenvalue weighted by Gasteiger charge is -2.20. The Morgan fingerprint density at radius 1 is 1.35 bits per heavy atom. The molecule has 0 saturated carbocycles. The van der Waals surface area contributed by atoms with Gasteiger partial charge >= 0.3 is 0 Å². The molecule has 0 aliphatic heterocycles. The molecule has 0 unspecified atom stereocenters. The molecule has 0 spiro atoms. The summed E-state index contributed by atoms with van der Waals surface area (Å²) < 4.78 is 0.921. The zero-order valence-corrected chi connectivity index (χ0v) is 10.8. The van der Waals surface area contributed by atoms with E-state index in [0.717, 1.165) is 15.8 Å². The highest BCUT2D eigenvalue weighted by Gasteiger charge is 2.07. The van der Waals surface area contributed by atoms with Gasteiger partial charge in [0.1, 0.15) is 0 Å². The zero-order valence-electron chi connectivity index (χ0n) is 9.26. The van der Waals surface area contributed by atoms with Crippen molar-refractivity contribution < 1.29 is 0 Å². The number of pyridine rings is 1. The molecule has 0 fully saturated rings. The lowest BCUT2D eigenvalue weighted by atomic mass is 10.2. The van der Waals surface area contributed by atoms with Crippen molar-refractivity contribution in [3.8, 4) is 6.07 Å². The first-order chi connectivity index (χ1) is 8.22. The fraction of sp³-hybridized carbons (Fsp3) is 0.0769. The first-order valence-electron chi connectivity index (χ1n) is 5.06. The van der Waals surface area contributed by atoms with E-state index in [9.17, 15) is 0 Å². The van der Waals surface area contributed by atoms with Gasteiger partial charge in [-0.15, -0.1) is 0 Å². The normalized spacial score (nSPS) is 9.71. The van der Waals surface area contributed by atoms with Crippen LogP contribution in [0.25, 0.3) is 0 Å². The van der Waals surface area contributed by atoms with E-state index in [1.165, 1.54) is 0 Å². The van der Waals surface area contributed by atoms with Gasteiger partial charge in [-0.1, -0.05) is 6.07 Å². The largest absolute Gasteiger partial charge is 0.344 e. The zero-order chi connectivity index (χ0) is 12.3. The summed E-state index contributed by atoms with van der Waals surface area (Å²) in [6.07, 6.45) is 3.49. The maximum absolute atomic E-state index is 8.88. The predicted molar refractivity (Wildman–Crippen MR) is 71.2 cm³/mol. The van der Waals surface area contributed by atoms with Crippen LogP contribution in [0.2, 0.25) is 0 Å². The van der Waals surface area contributed by atoms with Crippen LogP contribution in [0, 0.1) is 11.3 Å². The smallest absolute Gasteiger partial charge is 0.0992 e. The molecule has 2 rings (SSSR count). The molecule has 1 aromatic carbocycles. The summed E-state index contributed by atoms with van der Waals surface area (Å²) in [6, 6.07) is 11.5. The average Bonchev–Trinajstić information content (AvgIpc) is 2.38. The second kappa shape index (κ2) is 4.98. The van der Waals surface area contributed by atoms with Crippen LogP contribution in [-0.4, -0.2) is 12.0 Å². The van der Waals surface area contributed by atoms with E-state index in [-0.39, 0.29) is 0 Å². The van der Waals surface area contributed by atoms with Crippen molar-refractivity contribution >= 4 is 27.3 Å². The van der Waals surface area contributed by atoms with Crippen LogP contribution < -0.4 is 4.90 Å². The molecule has 0 amide bonds. The summed E-state index contributed by atoms with van der Waals surface area (Å²) in [5.41, 5.74) is 2.63. The van der Waals surface area contributed by atoms with Crippen LogP contribution in [0.1, 0.15) is 5.56 Å². The molecule has 84 valence electrons.